The predicted molar refractivity (Wildman–Crippen MR) is 83.4 cm³/mol. The van der Waals surface area contributed by atoms with Gasteiger partial charge in [0.2, 0.25) is 5.91 Å². The van der Waals surface area contributed by atoms with Gasteiger partial charge in [-0.15, -0.1) is 0 Å². The lowest BCUT2D eigenvalue weighted by Crippen LogP contribution is -2.46. The maximum atomic E-state index is 12.4. The van der Waals surface area contributed by atoms with Gasteiger partial charge in [-0.25, -0.2) is 4.98 Å². The fourth-order valence-electron chi connectivity index (χ4n) is 3.23. The Morgan fingerprint density at radius 3 is 2.96 bits per heavy atom. The van der Waals surface area contributed by atoms with Crippen LogP contribution >= 0.6 is 0 Å². The summed E-state index contributed by atoms with van der Waals surface area (Å²) in [6.07, 6.45) is -0.0476. The van der Waals surface area contributed by atoms with Crippen molar-refractivity contribution in [2.75, 3.05) is 13.2 Å². The predicted octanol–water partition coefficient (Wildman–Crippen LogP) is -0.960. The van der Waals surface area contributed by atoms with E-state index in [0.717, 1.165) is 0 Å². The van der Waals surface area contributed by atoms with Crippen LogP contribution in [0.4, 0.5) is 0 Å². The molecule has 4 rings (SSSR count). The molecule has 8 heteroatoms. The second kappa shape index (κ2) is 5.97. The zero-order chi connectivity index (χ0) is 16.7. The highest BCUT2D eigenvalue weighted by molar-refractivity contribution is 5.79. The Morgan fingerprint density at radius 1 is 1.29 bits per heavy atom. The molecule has 2 aliphatic rings. The Labute approximate surface area is 137 Å². The van der Waals surface area contributed by atoms with Crippen LogP contribution in [0.5, 0.6) is 0 Å². The van der Waals surface area contributed by atoms with Crippen molar-refractivity contribution < 1.29 is 19.4 Å². The number of benzene rings is 1. The van der Waals surface area contributed by atoms with Crippen LogP contribution in [0.2, 0.25) is 0 Å². The smallest absolute Gasteiger partial charge is 0.261 e. The first kappa shape index (κ1) is 15.3. The van der Waals surface area contributed by atoms with E-state index in [1.807, 2.05) is 0 Å². The number of carbonyl (C=O) groups is 1. The number of carbonyl (C=O) groups excluding carboxylic acids is 1. The van der Waals surface area contributed by atoms with Crippen LogP contribution in [0.15, 0.2) is 35.4 Å². The van der Waals surface area contributed by atoms with E-state index in [1.165, 1.54) is 10.9 Å². The van der Waals surface area contributed by atoms with Crippen LogP contribution in [0.1, 0.15) is 0 Å². The summed E-state index contributed by atoms with van der Waals surface area (Å²) in [4.78, 5) is 28.8. The Hall–Kier alpha value is -2.29. The molecule has 24 heavy (non-hydrogen) atoms. The highest BCUT2D eigenvalue weighted by Crippen LogP contribution is 2.26. The van der Waals surface area contributed by atoms with E-state index in [1.54, 1.807) is 24.3 Å². The molecule has 2 aliphatic heterocycles. The number of aliphatic hydroxyl groups excluding tert-OH is 1. The van der Waals surface area contributed by atoms with Crippen LogP contribution in [-0.4, -0.2) is 58.1 Å². The second-order valence-corrected chi connectivity index (χ2v) is 6.03. The Kier molecular flexibility index (Phi) is 3.79. The summed E-state index contributed by atoms with van der Waals surface area (Å²) in [6, 6.07) is 6.67. The van der Waals surface area contributed by atoms with E-state index in [-0.39, 0.29) is 43.4 Å². The molecule has 8 nitrogen and oxygen atoms in total. The van der Waals surface area contributed by atoms with Gasteiger partial charge in [-0.2, -0.15) is 0 Å². The van der Waals surface area contributed by atoms with Crippen LogP contribution in [0, 0.1) is 0 Å². The van der Waals surface area contributed by atoms with Gasteiger partial charge in [0.1, 0.15) is 24.9 Å². The molecule has 0 spiro atoms. The first-order chi connectivity index (χ1) is 11.6. The number of nitrogens with one attached hydrogen (secondary N) is 1. The van der Waals surface area contributed by atoms with Crippen molar-refractivity contribution in [3.8, 4) is 0 Å². The van der Waals surface area contributed by atoms with Crippen molar-refractivity contribution in [3.05, 3.63) is 40.9 Å². The maximum absolute atomic E-state index is 12.4. The number of nitrogens with zero attached hydrogens (tertiary/aromatic N) is 2. The average molecular weight is 331 g/mol. The summed E-state index contributed by atoms with van der Waals surface area (Å²) in [7, 11) is 0. The largest absolute Gasteiger partial charge is 0.388 e. The monoisotopic (exact) mass is 331 g/mol. The van der Waals surface area contributed by atoms with Gasteiger partial charge >= 0.3 is 0 Å². The zero-order valence-electron chi connectivity index (χ0n) is 12.8. The number of hydrogen-bond donors (Lipinski definition) is 2. The number of ether oxygens (including phenoxy) is 2. The lowest BCUT2D eigenvalue weighted by Gasteiger charge is -2.17. The van der Waals surface area contributed by atoms with E-state index in [9.17, 15) is 14.7 Å². The van der Waals surface area contributed by atoms with Gasteiger partial charge in [0.15, 0.2) is 0 Å². The molecule has 2 saturated heterocycles. The van der Waals surface area contributed by atoms with E-state index >= 15 is 0 Å². The van der Waals surface area contributed by atoms with Crippen molar-refractivity contribution in [2.45, 2.75) is 30.9 Å². The van der Waals surface area contributed by atoms with Crippen molar-refractivity contribution in [2.24, 2.45) is 0 Å². The lowest BCUT2D eigenvalue weighted by atomic mass is 10.1. The SMILES string of the molecule is O=C(Cn1cnc2ccccc2c1=O)N[C@@H]1CO[C@H]2[C@@H]1OC[C@H]2O. The minimum atomic E-state index is -0.663. The second-order valence-electron chi connectivity index (χ2n) is 6.03. The van der Waals surface area contributed by atoms with Gasteiger partial charge in [0, 0.05) is 0 Å². The number of amides is 1. The molecule has 0 saturated carbocycles. The van der Waals surface area contributed by atoms with Crippen molar-refractivity contribution in [3.63, 3.8) is 0 Å². The van der Waals surface area contributed by atoms with Gasteiger partial charge in [-0.05, 0) is 12.1 Å². The Bertz CT molecular complexity index is 836. The maximum Gasteiger partial charge on any atom is 0.261 e. The third-order valence-corrected chi connectivity index (χ3v) is 4.42. The summed E-state index contributed by atoms with van der Waals surface area (Å²) in [6.45, 7) is 0.353. The topological polar surface area (TPSA) is 103 Å². The number of aromatic nitrogens is 2. The zero-order valence-corrected chi connectivity index (χ0v) is 12.8. The van der Waals surface area contributed by atoms with Gasteiger partial charge in [-0.1, -0.05) is 12.1 Å². The quantitative estimate of drug-likeness (QED) is 0.751. The molecule has 0 radical (unpaired) electrons. The molecule has 1 amide bonds. The third-order valence-electron chi connectivity index (χ3n) is 4.42. The molecule has 0 unspecified atom stereocenters. The van der Waals surface area contributed by atoms with E-state index in [2.05, 4.69) is 10.3 Å². The van der Waals surface area contributed by atoms with E-state index in [0.29, 0.717) is 10.9 Å². The van der Waals surface area contributed by atoms with Gasteiger partial charge in [-0.3, -0.25) is 14.2 Å². The molecule has 3 heterocycles. The number of rotatable bonds is 3. The normalized spacial score (nSPS) is 28.9. The highest BCUT2D eigenvalue weighted by Gasteiger charge is 2.47. The molecule has 1 aromatic heterocycles. The summed E-state index contributed by atoms with van der Waals surface area (Å²) in [5, 5.41) is 13.0. The lowest BCUT2D eigenvalue weighted by molar-refractivity contribution is -0.123. The van der Waals surface area contributed by atoms with Crippen molar-refractivity contribution >= 4 is 16.8 Å². The van der Waals surface area contributed by atoms with Gasteiger partial charge < -0.3 is 19.9 Å². The molecular weight excluding hydrogens is 314 g/mol. The van der Waals surface area contributed by atoms with Gasteiger partial charge in [0.25, 0.3) is 5.56 Å². The molecule has 4 atom stereocenters. The summed E-state index contributed by atoms with van der Waals surface area (Å²) < 4.78 is 12.2. The molecule has 2 aromatic rings. The van der Waals surface area contributed by atoms with E-state index < -0.39 is 12.2 Å². The van der Waals surface area contributed by atoms with Gasteiger partial charge in [0.05, 0.1) is 36.5 Å². The first-order valence-electron chi connectivity index (χ1n) is 7.78. The summed E-state index contributed by atoms with van der Waals surface area (Å²) in [5.41, 5.74) is 0.336. The third kappa shape index (κ3) is 2.58. The summed E-state index contributed by atoms with van der Waals surface area (Å²) >= 11 is 0. The Morgan fingerprint density at radius 2 is 2.08 bits per heavy atom. The van der Waals surface area contributed by atoms with Crippen molar-refractivity contribution in [1.82, 2.24) is 14.9 Å². The number of fused-ring (bicyclic) bond motifs is 2. The number of hydrogen-bond acceptors (Lipinski definition) is 6. The van der Waals surface area contributed by atoms with Crippen LogP contribution in [-0.2, 0) is 20.8 Å². The minimum Gasteiger partial charge on any atom is -0.388 e. The highest BCUT2D eigenvalue weighted by atomic mass is 16.6. The fraction of sp³-hybridized carbons (Fsp3) is 0.438. The number of para-hydroxylation sites is 1. The van der Waals surface area contributed by atoms with E-state index in [4.69, 9.17) is 9.47 Å². The summed E-state index contributed by atoms with van der Waals surface area (Å²) in [5.74, 6) is -0.326. The molecule has 2 fully saturated rings. The van der Waals surface area contributed by atoms with Crippen LogP contribution < -0.4 is 10.9 Å². The first-order valence-corrected chi connectivity index (χ1v) is 7.78. The minimum absolute atomic E-state index is 0.132. The standard InChI is InChI=1S/C16H17N3O5/c20-12-7-24-14-11(6-23-15(12)14)18-13(21)5-19-8-17-10-4-2-1-3-9(10)16(19)22/h1-4,8,11-12,14-15,20H,5-7H2,(H,18,21)/t11-,12-,14-,15-/m1/s1. The molecule has 2 N–H and O–H groups in total. The fourth-order valence-corrected chi connectivity index (χ4v) is 3.23. The molecule has 0 bridgehead atoms. The van der Waals surface area contributed by atoms with Crippen LogP contribution in [0.3, 0.4) is 0 Å². The Balaban J connectivity index is 1.47. The molecular formula is C16H17N3O5. The average Bonchev–Trinajstić information content (AvgIpc) is 3.14. The molecule has 1 aromatic carbocycles. The van der Waals surface area contributed by atoms with Crippen molar-refractivity contribution in [1.29, 1.82) is 0 Å². The molecule has 126 valence electrons. The molecule has 0 aliphatic carbocycles. The number of aliphatic hydroxyl groups is 1. The van der Waals surface area contributed by atoms with Crippen LogP contribution in [0.25, 0.3) is 10.9 Å².